The number of hydrogen-bond acceptors (Lipinski definition) is 7. The van der Waals surface area contributed by atoms with Crippen molar-refractivity contribution < 1.29 is 49.4 Å². The predicted octanol–water partition coefficient (Wildman–Crippen LogP) is 6.05. The van der Waals surface area contributed by atoms with Crippen molar-refractivity contribution in [1.82, 2.24) is 15.3 Å². The van der Waals surface area contributed by atoms with Gasteiger partial charge < -0.3 is 21.1 Å². The van der Waals surface area contributed by atoms with Crippen LogP contribution in [0.1, 0.15) is 28.4 Å². The van der Waals surface area contributed by atoms with Gasteiger partial charge in [-0.1, -0.05) is 18.2 Å². The van der Waals surface area contributed by atoms with E-state index in [2.05, 4.69) is 15.3 Å². The molecule has 4 N–H and O–H groups in total. The summed E-state index contributed by atoms with van der Waals surface area (Å²) in [4.78, 5) is 33.6. The van der Waals surface area contributed by atoms with Crippen molar-refractivity contribution in [3.05, 3.63) is 83.1 Å². The second-order valence-corrected chi connectivity index (χ2v) is 9.78. The normalized spacial score (nSPS) is 13.3. The number of nitrogens with two attached hydrogens (primary N) is 1. The van der Waals surface area contributed by atoms with Crippen LogP contribution in [0.15, 0.2) is 54.7 Å². The van der Waals surface area contributed by atoms with Crippen LogP contribution >= 0.6 is 0 Å². The third-order valence-electron chi connectivity index (χ3n) is 6.70. The standard InChI is InChI=1S/C29H23F8N5O3/c1-13(28(32,33)34)40-15-11-19(30)23(20(31)12-15)26(43)41-21(27(44)45-2)10-14-5-6-17(24-16(14)4-3-9-39-24)25-18(29(35,36)37)7-8-22(38)42-25/h3-9,11-13,21,40H,10H2,1-2H3,(H2,38,42)(H,41,43)/t13-,21+/m1/s1. The highest BCUT2D eigenvalue weighted by molar-refractivity contribution is 5.99. The van der Waals surface area contributed by atoms with Gasteiger partial charge in [-0.25, -0.2) is 18.6 Å². The monoisotopic (exact) mass is 641 g/mol. The predicted molar refractivity (Wildman–Crippen MR) is 147 cm³/mol. The van der Waals surface area contributed by atoms with Gasteiger partial charge in [0.05, 0.1) is 23.9 Å². The van der Waals surface area contributed by atoms with Crippen molar-refractivity contribution in [1.29, 1.82) is 0 Å². The molecule has 0 bridgehead atoms. The van der Waals surface area contributed by atoms with Crippen molar-refractivity contribution in [2.24, 2.45) is 0 Å². The van der Waals surface area contributed by atoms with Crippen LogP contribution in [0.5, 0.6) is 0 Å². The second kappa shape index (κ2) is 12.5. The molecule has 0 saturated heterocycles. The highest BCUT2D eigenvalue weighted by Crippen LogP contribution is 2.39. The highest BCUT2D eigenvalue weighted by Gasteiger charge is 2.37. The van der Waals surface area contributed by atoms with Gasteiger partial charge in [-0.15, -0.1) is 0 Å². The van der Waals surface area contributed by atoms with E-state index in [-0.39, 0.29) is 34.3 Å². The third kappa shape index (κ3) is 7.21. The summed E-state index contributed by atoms with van der Waals surface area (Å²) in [6.45, 7) is 0.726. The lowest BCUT2D eigenvalue weighted by atomic mass is 9.95. The topological polar surface area (TPSA) is 119 Å². The van der Waals surface area contributed by atoms with Crippen LogP contribution in [0.25, 0.3) is 22.2 Å². The molecule has 0 fully saturated rings. The molecule has 2 heterocycles. The Labute approximate surface area is 249 Å². The maximum Gasteiger partial charge on any atom is 0.418 e. The van der Waals surface area contributed by atoms with Crippen molar-refractivity contribution in [2.75, 3.05) is 18.2 Å². The molecule has 0 aliphatic heterocycles. The SMILES string of the molecule is COC(=O)[C@H](Cc1ccc(-c2nc(N)ccc2C(F)(F)F)c2ncccc12)NC(=O)c1c(F)cc(N[C@H](C)C(F)(F)F)cc1F. The molecule has 238 valence electrons. The molecule has 4 aromatic rings. The zero-order valence-electron chi connectivity index (χ0n) is 23.3. The number of carbonyl (C=O) groups excluding carboxylic acids is 2. The molecule has 45 heavy (non-hydrogen) atoms. The Morgan fingerprint density at radius 1 is 1.00 bits per heavy atom. The zero-order valence-corrected chi connectivity index (χ0v) is 23.3. The summed E-state index contributed by atoms with van der Waals surface area (Å²) >= 11 is 0. The van der Waals surface area contributed by atoms with Crippen molar-refractivity contribution in [3.8, 4) is 11.3 Å². The van der Waals surface area contributed by atoms with E-state index in [1.807, 2.05) is 5.32 Å². The third-order valence-corrected chi connectivity index (χ3v) is 6.70. The summed E-state index contributed by atoms with van der Waals surface area (Å²) in [5.74, 6) is -5.67. The molecular weight excluding hydrogens is 618 g/mol. The maximum atomic E-state index is 14.8. The van der Waals surface area contributed by atoms with Gasteiger partial charge in [0, 0.05) is 29.3 Å². The van der Waals surface area contributed by atoms with Gasteiger partial charge >= 0.3 is 18.3 Å². The number of benzene rings is 2. The number of carbonyl (C=O) groups is 2. The van der Waals surface area contributed by atoms with Gasteiger partial charge in [-0.2, -0.15) is 26.3 Å². The number of nitrogens with one attached hydrogen (secondary N) is 2. The van der Waals surface area contributed by atoms with Crippen LogP contribution in [0, 0.1) is 11.6 Å². The Kier molecular flexibility index (Phi) is 9.16. The number of pyridine rings is 2. The first kappa shape index (κ1) is 32.9. The number of anilines is 2. The number of methoxy groups -OCH3 is 1. The summed E-state index contributed by atoms with van der Waals surface area (Å²) in [5, 5.41) is 4.29. The van der Waals surface area contributed by atoms with Crippen LogP contribution in [-0.2, 0) is 22.1 Å². The van der Waals surface area contributed by atoms with E-state index in [0.29, 0.717) is 12.1 Å². The summed E-state index contributed by atoms with van der Waals surface area (Å²) in [5.41, 5.74) is 2.61. The van der Waals surface area contributed by atoms with E-state index in [0.717, 1.165) is 26.2 Å². The molecule has 2 aromatic heterocycles. The van der Waals surface area contributed by atoms with Crippen LogP contribution in [0.4, 0.5) is 46.6 Å². The van der Waals surface area contributed by atoms with Crippen LogP contribution in [-0.4, -0.2) is 47.2 Å². The molecule has 0 saturated carbocycles. The Bertz CT molecular complexity index is 1740. The lowest BCUT2D eigenvalue weighted by Crippen LogP contribution is -2.43. The fourth-order valence-corrected chi connectivity index (χ4v) is 4.50. The number of nitrogen functional groups attached to an aromatic ring is 1. The molecule has 0 aliphatic carbocycles. The second-order valence-electron chi connectivity index (χ2n) is 9.78. The van der Waals surface area contributed by atoms with E-state index < -0.39 is 70.5 Å². The molecule has 0 spiro atoms. The van der Waals surface area contributed by atoms with Crippen LogP contribution in [0.2, 0.25) is 0 Å². The lowest BCUT2D eigenvalue weighted by molar-refractivity contribution is -0.143. The smallest absolute Gasteiger partial charge is 0.418 e. The molecular formula is C29H23F8N5O3. The van der Waals surface area contributed by atoms with Gasteiger partial charge in [0.1, 0.15) is 35.1 Å². The minimum atomic E-state index is -4.79. The Morgan fingerprint density at radius 2 is 1.67 bits per heavy atom. The lowest BCUT2D eigenvalue weighted by Gasteiger charge is -2.20. The Hall–Kier alpha value is -5.02. The van der Waals surface area contributed by atoms with Crippen LogP contribution in [0.3, 0.4) is 0 Å². The number of alkyl halides is 6. The zero-order chi connectivity index (χ0) is 33.3. The van der Waals surface area contributed by atoms with Crippen molar-refractivity contribution >= 4 is 34.3 Å². The van der Waals surface area contributed by atoms with Gasteiger partial charge in [-0.05, 0) is 42.8 Å². The first-order chi connectivity index (χ1) is 21.0. The number of amides is 1. The molecule has 1 amide bonds. The Balaban J connectivity index is 1.69. The number of halogens is 8. The number of aromatic nitrogens is 2. The largest absolute Gasteiger partial charge is 0.467 e. The van der Waals surface area contributed by atoms with Gasteiger partial charge in [0.25, 0.3) is 5.91 Å². The van der Waals surface area contributed by atoms with Gasteiger partial charge in [-0.3, -0.25) is 9.78 Å². The van der Waals surface area contributed by atoms with Crippen LogP contribution < -0.4 is 16.4 Å². The first-order valence-corrected chi connectivity index (χ1v) is 12.9. The summed E-state index contributed by atoms with van der Waals surface area (Å²) in [6.07, 6.45) is -8.57. The first-order valence-electron chi connectivity index (χ1n) is 12.9. The number of hydrogen-bond donors (Lipinski definition) is 3. The average molecular weight is 642 g/mol. The number of ether oxygens (including phenoxy) is 1. The number of fused-ring (bicyclic) bond motifs is 1. The molecule has 2 atom stereocenters. The molecule has 4 rings (SSSR count). The highest BCUT2D eigenvalue weighted by atomic mass is 19.4. The van der Waals surface area contributed by atoms with E-state index in [4.69, 9.17) is 10.5 Å². The minimum absolute atomic E-state index is 0.0367. The minimum Gasteiger partial charge on any atom is -0.467 e. The molecule has 0 radical (unpaired) electrons. The number of nitrogens with zero attached hydrogens (tertiary/aromatic N) is 2. The summed E-state index contributed by atoms with van der Waals surface area (Å²) in [7, 11) is 0.984. The van der Waals surface area contributed by atoms with E-state index in [9.17, 15) is 44.7 Å². The summed E-state index contributed by atoms with van der Waals surface area (Å²) in [6, 6.07) is 4.61. The molecule has 0 unspecified atom stereocenters. The molecule has 16 heteroatoms. The van der Waals surface area contributed by atoms with E-state index in [1.165, 1.54) is 30.5 Å². The van der Waals surface area contributed by atoms with E-state index >= 15 is 0 Å². The van der Waals surface area contributed by atoms with Gasteiger partial charge in [0.15, 0.2) is 0 Å². The number of esters is 1. The summed E-state index contributed by atoms with van der Waals surface area (Å²) < 4.78 is 114. The Morgan fingerprint density at radius 3 is 2.27 bits per heavy atom. The quantitative estimate of drug-likeness (QED) is 0.158. The fourth-order valence-electron chi connectivity index (χ4n) is 4.50. The fraction of sp³-hybridized carbons (Fsp3) is 0.241. The van der Waals surface area contributed by atoms with E-state index in [1.54, 1.807) is 0 Å². The van der Waals surface area contributed by atoms with Gasteiger partial charge in [0.2, 0.25) is 0 Å². The van der Waals surface area contributed by atoms with Crippen molar-refractivity contribution in [3.63, 3.8) is 0 Å². The molecule has 2 aromatic carbocycles. The maximum absolute atomic E-state index is 14.8. The molecule has 8 nitrogen and oxygen atoms in total. The van der Waals surface area contributed by atoms with Crippen molar-refractivity contribution in [2.45, 2.75) is 37.8 Å². The number of rotatable bonds is 8. The molecule has 0 aliphatic rings. The average Bonchev–Trinajstić information content (AvgIpc) is 2.95.